The summed E-state index contributed by atoms with van der Waals surface area (Å²) in [5.41, 5.74) is 1.01. The number of imidazole rings is 1. The van der Waals surface area contributed by atoms with Gasteiger partial charge in [0.15, 0.2) is 5.65 Å². The van der Waals surface area contributed by atoms with Crippen LogP contribution >= 0.6 is 10.2 Å². The molecule has 2 fully saturated rings. The molecule has 12 heteroatoms. The maximum atomic E-state index is 14.7. The molecule has 2 saturated carbocycles. The highest BCUT2D eigenvalue weighted by molar-refractivity contribution is 8.46. The first-order valence-electron chi connectivity index (χ1n) is 10.2. The standard InChI is InChI=1S/C19H24F7N3OS/c1-10-19(18-14(20)6-12(30)7-15(18)21)29-9-16(27-8-17(29)28-10)11-3-2-4-13(5-11)31(22,23,24,25)26/h8-9,11-15,18,30H,2-7H2,1H3. The Morgan fingerprint density at radius 2 is 1.68 bits per heavy atom. The first-order valence-corrected chi connectivity index (χ1v) is 12.2. The first-order chi connectivity index (χ1) is 14.1. The summed E-state index contributed by atoms with van der Waals surface area (Å²) < 4.78 is 97.4. The zero-order valence-corrected chi connectivity index (χ0v) is 17.5. The van der Waals surface area contributed by atoms with Gasteiger partial charge in [0.1, 0.15) is 12.3 Å². The summed E-state index contributed by atoms with van der Waals surface area (Å²) in [5.74, 6) is -2.05. The topological polar surface area (TPSA) is 50.4 Å². The number of aryl methyl sites for hydroxylation is 1. The van der Waals surface area contributed by atoms with Gasteiger partial charge in [-0.25, -0.2) is 13.8 Å². The molecule has 0 saturated heterocycles. The third-order valence-corrected chi connectivity index (χ3v) is 8.20. The normalized spacial score (nSPS) is 35.0. The molecule has 4 rings (SSSR count). The Morgan fingerprint density at radius 3 is 2.29 bits per heavy atom. The van der Waals surface area contributed by atoms with E-state index in [1.807, 2.05) is 0 Å². The van der Waals surface area contributed by atoms with Crippen LogP contribution in [0.2, 0.25) is 0 Å². The fourth-order valence-corrected chi connectivity index (χ4v) is 6.22. The van der Waals surface area contributed by atoms with Gasteiger partial charge in [0.05, 0.1) is 40.6 Å². The van der Waals surface area contributed by atoms with Gasteiger partial charge in [-0.05, 0) is 26.2 Å². The van der Waals surface area contributed by atoms with E-state index >= 15 is 0 Å². The van der Waals surface area contributed by atoms with Gasteiger partial charge in [-0.3, -0.25) is 4.98 Å². The fourth-order valence-electron chi connectivity index (χ4n) is 5.01. The highest BCUT2D eigenvalue weighted by Gasteiger charge is 2.69. The van der Waals surface area contributed by atoms with E-state index in [1.54, 1.807) is 6.92 Å². The number of aliphatic hydroxyl groups is 1. The maximum absolute atomic E-state index is 14.7. The molecule has 2 heterocycles. The third kappa shape index (κ3) is 4.37. The van der Waals surface area contributed by atoms with E-state index in [-0.39, 0.29) is 42.7 Å². The fraction of sp³-hybridized carbons (Fsp3) is 0.684. The second kappa shape index (κ2) is 6.72. The van der Waals surface area contributed by atoms with Gasteiger partial charge in [0, 0.05) is 25.0 Å². The molecule has 2 aromatic rings. The van der Waals surface area contributed by atoms with Crippen molar-refractivity contribution in [1.29, 1.82) is 0 Å². The van der Waals surface area contributed by atoms with Gasteiger partial charge >= 0.3 is 0 Å². The zero-order valence-electron chi connectivity index (χ0n) is 16.7. The number of aromatic nitrogens is 3. The largest absolute Gasteiger partial charge is 0.393 e. The molecule has 4 atom stereocenters. The molecule has 2 aliphatic carbocycles. The average molecular weight is 475 g/mol. The van der Waals surface area contributed by atoms with E-state index in [4.69, 9.17) is 0 Å². The van der Waals surface area contributed by atoms with Gasteiger partial charge in [-0.1, -0.05) is 25.8 Å². The molecule has 0 aliphatic heterocycles. The number of hydrogen-bond donors (Lipinski definition) is 1. The van der Waals surface area contributed by atoms with Gasteiger partial charge in [0.2, 0.25) is 0 Å². The lowest BCUT2D eigenvalue weighted by Crippen LogP contribution is -2.37. The SMILES string of the molecule is Cc1nc2cnc(C3CCCC(S(F)(F)(F)(F)F)C3)cn2c1C1C(F)CC(O)CC1F. The lowest BCUT2D eigenvalue weighted by molar-refractivity contribution is 0.0209. The average Bonchev–Trinajstić information content (AvgIpc) is 2.94. The van der Waals surface area contributed by atoms with Crippen LogP contribution in [0.25, 0.3) is 5.65 Å². The molecule has 4 nitrogen and oxygen atoms in total. The van der Waals surface area contributed by atoms with Crippen molar-refractivity contribution >= 4 is 15.9 Å². The molecule has 2 aliphatic rings. The molecular weight excluding hydrogens is 451 g/mol. The highest BCUT2D eigenvalue weighted by Crippen LogP contribution is 3.01. The number of hydrogen-bond acceptors (Lipinski definition) is 3. The first kappa shape index (κ1) is 22.6. The second-order valence-corrected chi connectivity index (χ2v) is 11.5. The smallest absolute Gasteiger partial charge is 0.288 e. The van der Waals surface area contributed by atoms with E-state index < -0.39 is 58.6 Å². The molecule has 0 spiro atoms. The lowest BCUT2D eigenvalue weighted by atomic mass is 9.81. The summed E-state index contributed by atoms with van der Waals surface area (Å²) in [6, 6.07) is 0. The minimum atomic E-state index is -9.63. The van der Waals surface area contributed by atoms with Crippen molar-refractivity contribution in [3.05, 3.63) is 29.5 Å². The maximum Gasteiger partial charge on any atom is 0.288 e. The van der Waals surface area contributed by atoms with Gasteiger partial charge in [-0.15, -0.1) is 0 Å². The summed E-state index contributed by atoms with van der Waals surface area (Å²) in [6.45, 7) is 1.57. The Kier molecular flexibility index (Phi) is 4.91. The Bertz CT molecular complexity index is 985. The highest BCUT2D eigenvalue weighted by atomic mass is 32.5. The third-order valence-electron chi connectivity index (χ3n) is 6.51. The quantitative estimate of drug-likeness (QED) is 0.532. The minimum Gasteiger partial charge on any atom is -0.393 e. The number of nitrogens with zero attached hydrogens (tertiary/aromatic N) is 3. The lowest BCUT2D eigenvalue weighted by Gasteiger charge is -2.49. The molecule has 0 bridgehead atoms. The van der Waals surface area contributed by atoms with Crippen molar-refractivity contribution in [2.45, 2.75) is 81.0 Å². The summed E-state index contributed by atoms with van der Waals surface area (Å²) >= 11 is 0. The summed E-state index contributed by atoms with van der Waals surface area (Å²) in [4.78, 5) is 8.38. The Morgan fingerprint density at radius 1 is 1.03 bits per heavy atom. The number of rotatable bonds is 3. The van der Waals surface area contributed by atoms with Gasteiger partial charge < -0.3 is 9.51 Å². The van der Waals surface area contributed by atoms with Crippen LogP contribution < -0.4 is 0 Å². The molecule has 0 radical (unpaired) electrons. The van der Waals surface area contributed by atoms with E-state index in [0.29, 0.717) is 5.69 Å². The van der Waals surface area contributed by atoms with E-state index in [1.165, 1.54) is 16.8 Å². The van der Waals surface area contributed by atoms with Crippen molar-refractivity contribution < 1.29 is 33.3 Å². The Labute approximate surface area is 174 Å². The molecular formula is C19H24F7N3OS. The molecule has 0 amide bonds. The van der Waals surface area contributed by atoms with E-state index in [0.717, 1.165) is 0 Å². The zero-order chi connectivity index (χ0) is 22.8. The van der Waals surface area contributed by atoms with E-state index in [2.05, 4.69) is 9.97 Å². The number of fused-ring (bicyclic) bond motifs is 1. The molecule has 176 valence electrons. The van der Waals surface area contributed by atoms with Gasteiger partial charge in [-0.2, -0.15) is 0 Å². The number of alkyl halides is 2. The van der Waals surface area contributed by atoms with E-state index in [9.17, 15) is 33.3 Å². The molecule has 1 N–H and O–H groups in total. The number of halogens is 7. The summed E-state index contributed by atoms with van der Waals surface area (Å²) in [7, 11) is -9.63. The molecule has 4 unspecified atom stereocenters. The summed E-state index contributed by atoms with van der Waals surface area (Å²) in [6.07, 6.45) is -3.38. The molecule has 2 aromatic heterocycles. The van der Waals surface area contributed by atoms with Gasteiger partial charge in [0.25, 0.3) is 10.2 Å². The van der Waals surface area contributed by atoms with Crippen molar-refractivity contribution in [1.82, 2.24) is 14.4 Å². The Hall–Kier alpha value is -1.56. The van der Waals surface area contributed by atoms with Crippen molar-refractivity contribution in [2.75, 3.05) is 0 Å². The number of aliphatic hydroxyl groups excluding tert-OH is 1. The molecule has 31 heavy (non-hydrogen) atoms. The van der Waals surface area contributed by atoms with Crippen LogP contribution in [0.3, 0.4) is 0 Å². The summed E-state index contributed by atoms with van der Waals surface area (Å²) in [5, 5.41) is 6.96. The Balaban J connectivity index is 1.71. The second-order valence-electron chi connectivity index (χ2n) is 8.82. The van der Waals surface area contributed by atoms with Crippen LogP contribution in [0.1, 0.15) is 67.4 Å². The minimum absolute atomic E-state index is 0.0178. The van der Waals surface area contributed by atoms with Crippen LogP contribution in [-0.2, 0) is 0 Å². The monoisotopic (exact) mass is 475 g/mol. The van der Waals surface area contributed by atoms with Crippen LogP contribution in [0.4, 0.5) is 28.2 Å². The van der Waals surface area contributed by atoms with Crippen LogP contribution in [-0.4, -0.2) is 43.2 Å². The van der Waals surface area contributed by atoms with Crippen molar-refractivity contribution in [3.8, 4) is 0 Å². The predicted molar refractivity (Wildman–Crippen MR) is 104 cm³/mol. The van der Waals surface area contributed by atoms with Crippen LogP contribution in [0.15, 0.2) is 12.4 Å². The van der Waals surface area contributed by atoms with Crippen molar-refractivity contribution in [3.63, 3.8) is 0 Å². The van der Waals surface area contributed by atoms with Crippen LogP contribution in [0, 0.1) is 6.92 Å². The van der Waals surface area contributed by atoms with Crippen molar-refractivity contribution in [2.24, 2.45) is 0 Å². The van der Waals surface area contributed by atoms with Crippen LogP contribution in [0.5, 0.6) is 0 Å². The molecule has 0 aromatic carbocycles. The predicted octanol–water partition coefficient (Wildman–Crippen LogP) is 6.28.